The van der Waals surface area contributed by atoms with E-state index in [0.717, 1.165) is 6.08 Å². The number of ether oxygens (including phenoxy) is 1. The normalized spacial score (nSPS) is 21.8. The Labute approximate surface area is 128 Å². The second kappa shape index (κ2) is 5.53. The maximum absolute atomic E-state index is 14.1. The van der Waals surface area contributed by atoms with Crippen LogP contribution in [0.15, 0.2) is 23.0 Å². The SMILES string of the molecule is Nc1nc2c(ncn2[C@@H]2C[C@H](OCP(=O)(O)O)C=C2F)c(=O)[nH]1. The molecule has 5 N–H and O–H groups in total. The molecule has 1 aliphatic carbocycles. The van der Waals surface area contributed by atoms with Gasteiger partial charge >= 0.3 is 7.60 Å². The second-order valence-corrected chi connectivity index (χ2v) is 6.66. The fraction of sp³-hybridized carbons (Fsp3) is 0.364. The molecule has 0 amide bonds. The van der Waals surface area contributed by atoms with Gasteiger partial charge in [-0.25, -0.2) is 9.37 Å². The van der Waals surface area contributed by atoms with Gasteiger partial charge in [-0.15, -0.1) is 0 Å². The summed E-state index contributed by atoms with van der Waals surface area (Å²) in [5.74, 6) is -0.693. The molecule has 0 spiro atoms. The van der Waals surface area contributed by atoms with Gasteiger partial charge in [0, 0.05) is 6.42 Å². The van der Waals surface area contributed by atoms with Crippen LogP contribution in [0.25, 0.3) is 11.2 Å². The van der Waals surface area contributed by atoms with Crippen molar-refractivity contribution < 1.29 is 23.5 Å². The number of H-pyrrole nitrogens is 1. The zero-order valence-corrected chi connectivity index (χ0v) is 12.5. The summed E-state index contributed by atoms with van der Waals surface area (Å²) in [6, 6.07) is -0.838. The Bertz CT molecular complexity index is 887. The summed E-state index contributed by atoms with van der Waals surface area (Å²) in [5.41, 5.74) is 5.08. The van der Waals surface area contributed by atoms with Crippen LogP contribution < -0.4 is 11.3 Å². The number of imidazole rings is 1. The van der Waals surface area contributed by atoms with E-state index in [9.17, 15) is 13.8 Å². The highest BCUT2D eigenvalue weighted by atomic mass is 31.2. The van der Waals surface area contributed by atoms with Crippen molar-refractivity contribution in [1.82, 2.24) is 19.5 Å². The summed E-state index contributed by atoms with van der Waals surface area (Å²) >= 11 is 0. The Kier molecular flexibility index (Phi) is 3.80. The van der Waals surface area contributed by atoms with E-state index in [1.54, 1.807) is 0 Å². The summed E-state index contributed by atoms with van der Waals surface area (Å²) in [4.78, 5) is 39.4. The first-order valence-corrected chi connectivity index (χ1v) is 8.30. The molecule has 0 aromatic carbocycles. The monoisotopic (exact) mass is 345 g/mol. The van der Waals surface area contributed by atoms with Gasteiger partial charge in [-0.2, -0.15) is 4.98 Å². The molecule has 2 heterocycles. The minimum Gasteiger partial charge on any atom is -0.369 e. The van der Waals surface area contributed by atoms with Gasteiger partial charge in [0.25, 0.3) is 5.56 Å². The van der Waals surface area contributed by atoms with Crippen LogP contribution in [0.5, 0.6) is 0 Å². The smallest absolute Gasteiger partial charge is 0.351 e. The van der Waals surface area contributed by atoms with Crippen molar-refractivity contribution in [3.05, 3.63) is 28.6 Å². The van der Waals surface area contributed by atoms with Crippen molar-refractivity contribution in [3.8, 4) is 0 Å². The maximum Gasteiger partial charge on any atom is 0.351 e. The largest absolute Gasteiger partial charge is 0.369 e. The molecule has 0 radical (unpaired) electrons. The van der Waals surface area contributed by atoms with E-state index < -0.39 is 37.5 Å². The summed E-state index contributed by atoms with van der Waals surface area (Å²) in [7, 11) is -4.34. The fourth-order valence-electron chi connectivity index (χ4n) is 2.42. The van der Waals surface area contributed by atoms with Gasteiger partial charge in [0.05, 0.1) is 18.5 Å². The number of fused-ring (bicyclic) bond motifs is 1. The van der Waals surface area contributed by atoms with Gasteiger partial charge < -0.3 is 24.8 Å². The molecule has 124 valence electrons. The van der Waals surface area contributed by atoms with Gasteiger partial charge in [-0.3, -0.25) is 14.3 Å². The number of nitrogens with zero attached hydrogens (tertiary/aromatic N) is 3. The van der Waals surface area contributed by atoms with Crippen molar-refractivity contribution >= 4 is 24.7 Å². The minimum atomic E-state index is -4.34. The lowest BCUT2D eigenvalue weighted by molar-refractivity contribution is 0.102. The Morgan fingerprint density at radius 3 is 3.00 bits per heavy atom. The van der Waals surface area contributed by atoms with Crippen LogP contribution in [0, 0.1) is 0 Å². The minimum absolute atomic E-state index is 0.0200. The molecule has 0 saturated carbocycles. The van der Waals surface area contributed by atoms with Crippen LogP contribution >= 0.6 is 7.60 Å². The number of hydrogen-bond acceptors (Lipinski definition) is 6. The van der Waals surface area contributed by atoms with E-state index in [-0.39, 0.29) is 23.5 Å². The highest BCUT2D eigenvalue weighted by Crippen LogP contribution is 2.39. The van der Waals surface area contributed by atoms with E-state index in [4.69, 9.17) is 20.3 Å². The molecule has 3 rings (SSSR count). The predicted molar refractivity (Wildman–Crippen MR) is 77.2 cm³/mol. The van der Waals surface area contributed by atoms with E-state index in [0.29, 0.717) is 0 Å². The molecule has 1 aliphatic rings. The van der Waals surface area contributed by atoms with E-state index in [1.807, 2.05) is 0 Å². The number of aromatic nitrogens is 4. The lowest BCUT2D eigenvalue weighted by atomic mass is 10.2. The van der Waals surface area contributed by atoms with Crippen LogP contribution in [-0.4, -0.2) is 41.8 Å². The summed E-state index contributed by atoms with van der Waals surface area (Å²) in [6.45, 7) is 0. The maximum atomic E-state index is 14.1. The Balaban J connectivity index is 1.88. The predicted octanol–water partition coefficient (Wildman–Crippen LogP) is 0.0204. The van der Waals surface area contributed by atoms with Gasteiger partial charge in [-0.05, 0) is 6.08 Å². The average Bonchev–Trinajstić information content (AvgIpc) is 2.99. The van der Waals surface area contributed by atoms with Gasteiger partial charge in [0.2, 0.25) is 5.95 Å². The fourth-order valence-corrected chi connectivity index (χ4v) is 2.80. The molecule has 0 bridgehead atoms. The number of nitrogens with two attached hydrogens (primary N) is 1. The van der Waals surface area contributed by atoms with Crippen LogP contribution in [0.3, 0.4) is 0 Å². The molecular formula is C11H13FN5O5P. The van der Waals surface area contributed by atoms with Crippen LogP contribution in [0.2, 0.25) is 0 Å². The third-order valence-electron chi connectivity index (χ3n) is 3.36. The zero-order valence-electron chi connectivity index (χ0n) is 11.6. The van der Waals surface area contributed by atoms with Gasteiger partial charge in [-0.1, -0.05) is 0 Å². The van der Waals surface area contributed by atoms with Crippen molar-refractivity contribution in [1.29, 1.82) is 0 Å². The lowest BCUT2D eigenvalue weighted by Gasteiger charge is -2.15. The number of aromatic amines is 1. The first-order chi connectivity index (χ1) is 10.7. The molecular weight excluding hydrogens is 332 g/mol. The number of anilines is 1. The second-order valence-electron chi connectivity index (χ2n) is 5.08. The number of nitrogen functional groups attached to an aromatic ring is 1. The number of hydrogen-bond donors (Lipinski definition) is 4. The van der Waals surface area contributed by atoms with Gasteiger partial charge in [0.1, 0.15) is 12.2 Å². The Morgan fingerprint density at radius 1 is 1.57 bits per heavy atom. The third-order valence-corrected chi connectivity index (χ3v) is 3.85. The quantitative estimate of drug-likeness (QED) is 0.565. The Hall–Kier alpha value is -2.07. The number of nitrogens with one attached hydrogen (secondary N) is 1. The van der Waals surface area contributed by atoms with Gasteiger partial charge in [0.15, 0.2) is 11.2 Å². The Morgan fingerprint density at radius 2 is 2.30 bits per heavy atom. The summed E-state index contributed by atoms with van der Waals surface area (Å²) in [5, 5.41) is 0. The molecule has 12 heteroatoms. The van der Waals surface area contributed by atoms with Crippen molar-refractivity contribution in [3.63, 3.8) is 0 Å². The summed E-state index contributed by atoms with van der Waals surface area (Å²) < 4.78 is 31.3. The standard InChI is InChI=1S/C11H13FN5O5P/c12-6-1-5(22-4-23(19,20)21)2-7(6)17-3-14-8-9(17)15-11(13)16-10(8)18/h1,3,5,7H,2,4H2,(H2,19,20,21)(H3,13,15,16,18)/t5-,7-/m1/s1. The number of rotatable bonds is 4. The van der Waals surface area contributed by atoms with E-state index >= 15 is 0 Å². The molecule has 0 aliphatic heterocycles. The average molecular weight is 345 g/mol. The third kappa shape index (κ3) is 3.17. The van der Waals surface area contributed by atoms with E-state index in [1.165, 1.54) is 10.9 Å². The van der Waals surface area contributed by atoms with Crippen molar-refractivity contribution in [2.75, 3.05) is 12.1 Å². The number of halogens is 1. The van der Waals surface area contributed by atoms with Crippen molar-refractivity contribution in [2.24, 2.45) is 0 Å². The molecule has 0 unspecified atom stereocenters. The van der Waals surface area contributed by atoms with Crippen molar-refractivity contribution in [2.45, 2.75) is 18.6 Å². The first kappa shape index (κ1) is 15.8. The first-order valence-electron chi connectivity index (χ1n) is 6.50. The van der Waals surface area contributed by atoms with Crippen LogP contribution in [0.4, 0.5) is 10.3 Å². The van der Waals surface area contributed by atoms with E-state index in [2.05, 4.69) is 15.0 Å². The molecule has 23 heavy (non-hydrogen) atoms. The highest BCUT2D eigenvalue weighted by molar-refractivity contribution is 7.51. The van der Waals surface area contributed by atoms with Crippen LogP contribution in [-0.2, 0) is 9.30 Å². The molecule has 10 nitrogen and oxygen atoms in total. The lowest BCUT2D eigenvalue weighted by Crippen LogP contribution is -2.15. The highest BCUT2D eigenvalue weighted by Gasteiger charge is 2.31. The summed E-state index contributed by atoms with van der Waals surface area (Å²) in [6.07, 6.45) is 0.873. The van der Waals surface area contributed by atoms with Crippen LogP contribution in [0.1, 0.15) is 12.5 Å². The molecule has 2 aromatic heterocycles. The molecule has 0 saturated heterocycles. The molecule has 0 fully saturated rings. The topological polar surface area (TPSA) is 156 Å². The number of allylic oxidation sites excluding steroid dienone is 1. The molecule has 2 aromatic rings. The molecule has 2 atom stereocenters. The zero-order chi connectivity index (χ0) is 16.8.